The molecule has 0 aromatic heterocycles. The summed E-state index contributed by atoms with van der Waals surface area (Å²) in [7, 11) is 0. The first-order chi connectivity index (χ1) is 11.8. The van der Waals surface area contributed by atoms with Gasteiger partial charge in [-0.1, -0.05) is 6.08 Å². The van der Waals surface area contributed by atoms with Crippen molar-refractivity contribution in [2.75, 3.05) is 10.3 Å². The molecule has 134 valence electrons. The van der Waals surface area contributed by atoms with E-state index in [2.05, 4.69) is 10.9 Å². The number of Topliss-reactive ketones (excluding diaryl/α,β-unsaturated/α-hetero) is 1. The average Bonchev–Trinajstić information content (AvgIpc) is 2.69. The number of benzene rings is 1. The van der Waals surface area contributed by atoms with E-state index in [1.165, 1.54) is 0 Å². The molecule has 0 saturated heterocycles. The number of carbonyl (C=O) groups excluding carboxylic acids is 2. The molecule has 0 unspecified atom stereocenters. The lowest BCUT2D eigenvalue weighted by molar-refractivity contribution is -0.122. The maximum absolute atomic E-state index is 12.8. The molecule has 0 radical (unpaired) electrons. The van der Waals surface area contributed by atoms with E-state index in [9.17, 15) is 9.59 Å². The number of nitrogens with one attached hydrogen (secondary N) is 2. The largest absolute Gasteiger partial charge is 0.309 e. The van der Waals surface area contributed by atoms with E-state index < -0.39 is 5.41 Å². The van der Waals surface area contributed by atoms with Gasteiger partial charge in [0.25, 0.3) is 0 Å². The van der Waals surface area contributed by atoms with Crippen LogP contribution in [0, 0.1) is 0 Å². The lowest BCUT2D eigenvalue weighted by Crippen LogP contribution is -2.40. The zero-order valence-electron chi connectivity index (χ0n) is 15.5. The molecule has 25 heavy (non-hydrogen) atoms. The molecule has 0 bridgehead atoms. The Labute approximate surface area is 149 Å². The molecular formula is C20H27N3O2. The Kier molecular flexibility index (Phi) is 4.58. The summed E-state index contributed by atoms with van der Waals surface area (Å²) in [5, 5.41) is 0. The predicted molar refractivity (Wildman–Crippen MR) is 100 cm³/mol. The third-order valence-corrected chi connectivity index (χ3v) is 5.05. The second-order valence-corrected chi connectivity index (χ2v) is 7.66. The molecule has 2 aliphatic rings. The number of hydrogen-bond donors (Lipinski definition) is 2. The molecule has 1 amide bonds. The van der Waals surface area contributed by atoms with Gasteiger partial charge in [0.05, 0.1) is 16.8 Å². The van der Waals surface area contributed by atoms with Gasteiger partial charge in [0.1, 0.15) is 0 Å². The molecule has 1 aromatic rings. The number of fused-ring (bicyclic) bond motifs is 1. The average molecular weight is 341 g/mol. The Balaban J connectivity index is 1.82. The van der Waals surface area contributed by atoms with E-state index >= 15 is 0 Å². The van der Waals surface area contributed by atoms with Gasteiger partial charge in [-0.3, -0.25) is 15.0 Å². The van der Waals surface area contributed by atoms with Gasteiger partial charge in [0.15, 0.2) is 5.78 Å². The first-order valence-electron chi connectivity index (χ1n) is 9.06. The lowest BCUT2D eigenvalue weighted by Gasteiger charge is -2.24. The summed E-state index contributed by atoms with van der Waals surface area (Å²) in [4.78, 5) is 26.7. The van der Waals surface area contributed by atoms with Gasteiger partial charge in [-0.05, 0) is 70.7 Å². The summed E-state index contributed by atoms with van der Waals surface area (Å²) in [6, 6.07) is 6.05. The van der Waals surface area contributed by atoms with Crippen LogP contribution in [0.2, 0.25) is 0 Å². The summed E-state index contributed by atoms with van der Waals surface area (Å²) < 4.78 is 0. The second kappa shape index (κ2) is 6.54. The van der Waals surface area contributed by atoms with Crippen LogP contribution >= 0.6 is 0 Å². The Bertz CT molecular complexity index is 734. The summed E-state index contributed by atoms with van der Waals surface area (Å²) >= 11 is 0. The number of anilines is 2. The first kappa shape index (κ1) is 17.5. The predicted octanol–water partition coefficient (Wildman–Crippen LogP) is 3.66. The van der Waals surface area contributed by atoms with Crippen molar-refractivity contribution in [3.8, 4) is 0 Å². The third-order valence-electron chi connectivity index (χ3n) is 5.05. The molecule has 5 nitrogen and oxygen atoms in total. The molecule has 0 spiro atoms. The van der Waals surface area contributed by atoms with Crippen LogP contribution in [0.25, 0.3) is 0 Å². The van der Waals surface area contributed by atoms with E-state index in [0.717, 1.165) is 36.2 Å². The Hall–Kier alpha value is -2.30. The number of allylic oxidation sites excluding steroid dienone is 2. The molecule has 0 fully saturated rings. The standard InChI is InChI=1S/C20H27N3O2/c1-13(2)23-17-11-10-14(12-15(17)20(3,4)19(23)25)21-22-16-8-6-5-7-9-18(16)24/h8,10-13,21-22H,5-7,9H2,1-4H3. The van der Waals surface area contributed by atoms with E-state index in [0.29, 0.717) is 12.1 Å². The van der Waals surface area contributed by atoms with E-state index in [1.807, 2.05) is 56.9 Å². The molecule has 0 saturated carbocycles. The van der Waals surface area contributed by atoms with Crippen molar-refractivity contribution in [2.45, 2.75) is 64.8 Å². The molecule has 1 aliphatic carbocycles. The van der Waals surface area contributed by atoms with Gasteiger partial charge < -0.3 is 10.3 Å². The zero-order valence-corrected chi connectivity index (χ0v) is 15.5. The topological polar surface area (TPSA) is 61.4 Å². The van der Waals surface area contributed by atoms with Crippen molar-refractivity contribution in [3.63, 3.8) is 0 Å². The van der Waals surface area contributed by atoms with Crippen molar-refractivity contribution in [2.24, 2.45) is 0 Å². The molecular weight excluding hydrogens is 314 g/mol. The van der Waals surface area contributed by atoms with Gasteiger partial charge in [-0.2, -0.15) is 0 Å². The van der Waals surface area contributed by atoms with E-state index in [1.54, 1.807) is 0 Å². The van der Waals surface area contributed by atoms with Crippen molar-refractivity contribution in [1.82, 2.24) is 5.43 Å². The molecule has 3 rings (SSSR count). The highest BCUT2D eigenvalue weighted by molar-refractivity contribution is 6.08. The van der Waals surface area contributed by atoms with Crippen LogP contribution in [0.5, 0.6) is 0 Å². The van der Waals surface area contributed by atoms with Gasteiger partial charge in [-0.25, -0.2) is 0 Å². The number of hydrazine groups is 1. The molecule has 1 aliphatic heterocycles. The smallest absolute Gasteiger partial charge is 0.237 e. The SMILES string of the molecule is CC(C)N1C(=O)C(C)(C)c2cc(NNC3=CCCCCC3=O)ccc21. The monoisotopic (exact) mass is 341 g/mol. The minimum atomic E-state index is -0.547. The number of nitrogens with zero attached hydrogens (tertiary/aromatic N) is 1. The summed E-state index contributed by atoms with van der Waals surface area (Å²) in [6.45, 7) is 7.98. The Morgan fingerprint density at radius 3 is 2.60 bits per heavy atom. The second-order valence-electron chi connectivity index (χ2n) is 7.66. The number of carbonyl (C=O) groups is 2. The van der Waals surface area contributed by atoms with Crippen molar-refractivity contribution >= 4 is 23.1 Å². The van der Waals surface area contributed by atoms with Crippen molar-refractivity contribution in [1.29, 1.82) is 0 Å². The molecule has 0 atom stereocenters. The molecule has 2 N–H and O–H groups in total. The van der Waals surface area contributed by atoms with Gasteiger partial charge in [0, 0.05) is 18.2 Å². The van der Waals surface area contributed by atoms with Crippen LogP contribution in [-0.4, -0.2) is 17.7 Å². The first-order valence-corrected chi connectivity index (χ1v) is 9.06. The summed E-state index contributed by atoms with van der Waals surface area (Å²) in [5.41, 5.74) is 9.11. The molecule has 5 heteroatoms. The zero-order chi connectivity index (χ0) is 18.2. The fourth-order valence-electron chi connectivity index (χ4n) is 3.55. The quantitative estimate of drug-likeness (QED) is 0.821. The van der Waals surface area contributed by atoms with E-state index in [4.69, 9.17) is 0 Å². The van der Waals surface area contributed by atoms with Crippen molar-refractivity contribution in [3.05, 3.63) is 35.5 Å². The van der Waals surface area contributed by atoms with Crippen LogP contribution in [0.15, 0.2) is 30.0 Å². The maximum Gasteiger partial charge on any atom is 0.237 e. The number of hydrogen-bond acceptors (Lipinski definition) is 4. The maximum atomic E-state index is 12.8. The minimum Gasteiger partial charge on any atom is -0.309 e. The van der Waals surface area contributed by atoms with Gasteiger partial charge in [-0.15, -0.1) is 0 Å². The van der Waals surface area contributed by atoms with Crippen molar-refractivity contribution < 1.29 is 9.59 Å². The normalized spacial score (nSPS) is 19.6. The van der Waals surface area contributed by atoms with Crippen LogP contribution in [0.4, 0.5) is 11.4 Å². The van der Waals surface area contributed by atoms with Crippen LogP contribution < -0.4 is 15.8 Å². The number of ketones is 1. The summed E-state index contributed by atoms with van der Waals surface area (Å²) in [5.74, 6) is 0.275. The highest BCUT2D eigenvalue weighted by atomic mass is 16.2. The highest BCUT2D eigenvalue weighted by Gasteiger charge is 2.44. The fraction of sp³-hybridized carbons (Fsp3) is 0.500. The van der Waals surface area contributed by atoms with Crippen LogP contribution in [-0.2, 0) is 15.0 Å². The van der Waals surface area contributed by atoms with Gasteiger partial charge in [0.2, 0.25) is 5.91 Å². The third kappa shape index (κ3) is 3.15. The molecule has 1 heterocycles. The van der Waals surface area contributed by atoms with Crippen LogP contribution in [0.3, 0.4) is 0 Å². The number of amides is 1. The summed E-state index contributed by atoms with van der Waals surface area (Å²) in [6.07, 6.45) is 5.47. The Morgan fingerprint density at radius 2 is 1.88 bits per heavy atom. The highest BCUT2D eigenvalue weighted by Crippen LogP contribution is 2.43. The Morgan fingerprint density at radius 1 is 1.12 bits per heavy atom. The van der Waals surface area contributed by atoms with E-state index in [-0.39, 0.29) is 17.7 Å². The van der Waals surface area contributed by atoms with Gasteiger partial charge >= 0.3 is 0 Å². The van der Waals surface area contributed by atoms with Crippen LogP contribution in [0.1, 0.15) is 58.9 Å². The molecule has 1 aromatic carbocycles. The minimum absolute atomic E-state index is 0.124. The fourth-order valence-corrected chi connectivity index (χ4v) is 3.55. The lowest BCUT2D eigenvalue weighted by atomic mass is 9.86. The number of rotatable bonds is 4.